The van der Waals surface area contributed by atoms with Crippen LogP contribution in [0.1, 0.15) is 37.7 Å². The SMILES string of the molecule is NNC(=NC1CCCCC1)c1cn[nH]c1. The van der Waals surface area contributed by atoms with E-state index in [1.165, 1.54) is 32.1 Å². The monoisotopic (exact) mass is 207 g/mol. The Balaban J connectivity index is 2.08. The van der Waals surface area contributed by atoms with Crippen LogP contribution in [0.2, 0.25) is 0 Å². The lowest BCUT2D eigenvalue weighted by Gasteiger charge is -2.18. The lowest BCUT2D eigenvalue weighted by molar-refractivity contribution is 0.442. The predicted molar refractivity (Wildman–Crippen MR) is 59.3 cm³/mol. The van der Waals surface area contributed by atoms with Crippen molar-refractivity contribution in [2.24, 2.45) is 10.8 Å². The Bertz CT molecular complexity index is 311. The summed E-state index contributed by atoms with van der Waals surface area (Å²) in [5.41, 5.74) is 3.56. The van der Waals surface area contributed by atoms with Crippen molar-refractivity contribution < 1.29 is 0 Å². The fourth-order valence-electron chi connectivity index (χ4n) is 1.97. The van der Waals surface area contributed by atoms with Crippen molar-refractivity contribution in [1.29, 1.82) is 0 Å². The number of nitrogens with two attached hydrogens (primary N) is 1. The molecule has 0 amide bonds. The zero-order valence-electron chi connectivity index (χ0n) is 8.74. The van der Waals surface area contributed by atoms with Gasteiger partial charge in [-0.1, -0.05) is 19.3 Å². The van der Waals surface area contributed by atoms with Gasteiger partial charge in [0, 0.05) is 6.20 Å². The predicted octanol–water partition coefficient (Wildman–Crippen LogP) is 0.952. The lowest BCUT2D eigenvalue weighted by Crippen LogP contribution is -2.32. The first kappa shape index (κ1) is 10.2. The molecule has 1 aromatic heterocycles. The molecule has 0 unspecified atom stereocenters. The maximum atomic E-state index is 5.46. The highest BCUT2D eigenvalue weighted by Crippen LogP contribution is 2.20. The van der Waals surface area contributed by atoms with Crippen LogP contribution in [-0.4, -0.2) is 22.1 Å². The summed E-state index contributed by atoms with van der Waals surface area (Å²) in [6.45, 7) is 0. The van der Waals surface area contributed by atoms with Crippen LogP contribution >= 0.6 is 0 Å². The van der Waals surface area contributed by atoms with Crippen LogP contribution in [0.3, 0.4) is 0 Å². The van der Waals surface area contributed by atoms with Crippen molar-refractivity contribution in [2.75, 3.05) is 0 Å². The zero-order chi connectivity index (χ0) is 10.5. The molecule has 4 N–H and O–H groups in total. The quantitative estimate of drug-likeness (QED) is 0.292. The number of rotatable bonds is 2. The van der Waals surface area contributed by atoms with Crippen LogP contribution in [0, 0.1) is 0 Å². The number of nitrogens with zero attached hydrogens (tertiary/aromatic N) is 2. The van der Waals surface area contributed by atoms with Gasteiger partial charge in [-0.25, -0.2) is 5.84 Å². The van der Waals surface area contributed by atoms with Crippen LogP contribution in [0.25, 0.3) is 0 Å². The molecule has 0 atom stereocenters. The van der Waals surface area contributed by atoms with E-state index in [9.17, 15) is 0 Å². The van der Waals surface area contributed by atoms with Crippen molar-refractivity contribution in [2.45, 2.75) is 38.1 Å². The third-order valence-corrected chi connectivity index (χ3v) is 2.79. The number of aliphatic imine (C=N–C) groups is 1. The Morgan fingerprint density at radius 3 is 2.87 bits per heavy atom. The highest BCUT2D eigenvalue weighted by molar-refractivity contribution is 5.98. The second-order valence-corrected chi connectivity index (χ2v) is 3.90. The van der Waals surface area contributed by atoms with Crippen molar-refractivity contribution >= 4 is 5.84 Å². The molecule has 15 heavy (non-hydrogen) atoms. The van der Waals surface area contributed by atoms with E-state index in [2.05, 4.69) is 20.6 Å². The molecule has 1 fully saturated rings. The van der Waals surface area contributed by atoms with Crippen LogP contribution in [0.4, 0.5) is 0 Å². The first-order chi connectivity index (χ1) is 7.40. The summed E-state index contributed by atoms with van der Waals surface area (Å²) in [6, 6.07) is 0.416. The Morgan fingerprint density at radius 1 is 1.47 bits per heavy atom. The van der Waals surface area contributed by atoms with Crippen LogP contribution in [0.15, 0.2) is 17.4 Å². The summed E-state index contributed by atoms with van der Waals surface area (Å²) in [7, 11) is 0. The van der Waals surface area contributed by atoms with Gasteiger partial charge in [-0.3, -0.25) is 10.1 Å². The molecule has 5 nitrogen and oxygen atoms in total. The van der Waals surface area contributed by atoms with E-state index in [4.69, 9.17) is 5.84 Å². The lowest BCUT2D eigenvalue weighted by atomic mass is 9.96. The Labute approximate surface area is 89.1 Å². The minimum absolute atomic E-state index is 0.416. The number of hydrogen-bond donors (Lipinski definition) is 3. The number of amidine groups is 1. The zero-order valence-corrected chi connectivity index (χ0v) is 8.74. The second-order valence-electron chi connectivity index (χ2n) is 3.90. The maximum absolute atomic E-state index is 5.46. The van der Waals surface area contributed by atoms with Gasteiger partial charge in [0.1, 0.15) is 5.84 Å². The fourth-order valence-corrected chi connectivity index (χ4v) is 1.97. The van der Waals surface area contributed by atoms with Gasteiger partial charge in [0.15, 0.2) is 0 Å². The highest BCUT2D eigenvalue weighted by Gasteiger charge is 2.13. The molecular weight excluding hydrogens is 190 g/mol. The number of hydrogen-bond acceptors (Lipinski definition) is 3. The maximum Gasteiger partial charge on any atom is 0.145 e. The molecule has 0 saturated heterocycles. The summed E-state index contributed by atoms with van der Waals surface area (Å²) in [4.78, 5) is 4.62. The number of H-pyrrole nitrogens is 1. The summed E-state index contributed by atoms with van der Waals surface area (Å²) in [5, 5.41) is 6.64. The average Bonchev–Trinajstić information content (AvgIpc) is 2.81. The van der Waals surface area contributed by atoms with E-state index in [0.29, 0.717) is 6.04 Å². The third kappa shape index (κ3) is 2.56. The van der Waals surface area contributed by atoms with Gasteiger partial charge in [0.2, 0.25) is 0 Å². The van der Waals surface area contributed by atoms with Crippen LogP contribution in [-0.2, 0) is 0 Å². The molecule has 1 aliphatic carbocycles. The van der Waals surface area contributed by atoms with Crippen molar-refractivity contribution in [3.8, 4) is 0 Å². The molecule has 0 radical (unpaired) electrons. The number of aromatic nitrogens is 2. The molecule has 5 heteroatoms. The average molecular weight is 207 g/mol. The van der Waals surface area contributed by atoms with Gasteiger partial charge in [-0.2, -0.15) is 5.10 Å². The van der Waals surface area contributed by atoms with E-state index in [-0.39, 0.29) is 0 Å². The van der Waals surface area contributed by atoms with Crippen molar-refractivity contribution in [1.82, 2.24) is 15.6 Å². The molecule has 0 bridgehead atoms. The largest absolute Gasteiger partial charge is 0.308 e. The Hall–Kier alpha value is -1.36. The first-order valence-electron chi connectivity index (χ1n) is 5.43. The molecule has 1 aromatic rings. The molecule has 1 aliphatic rings. The molecular formula is C10H17N5. The minimum Gasteiger partial charge on any atom is -0.308 e. The highest BCUT2D eigenvalue weighted by atomic mass is 15.3. The molecule has 1 heterocycles. The van der Waals surface area contributed by atoms with E-state index in [1.54, 1.807) is 12.4 Å². The van der Waals surface area contributed by atoms with Gasteiger partial charge in [0.05, 0.1) is 17.8 Å². The number of nitrogens with one attached hydrogen (secondary N) is 2. The smallest absolute Gasteiger partial charge is 0.145 e. The van der Waals surface area contributed by atoms with Crippen molar-refractivity contribution in [3.05, 3.63) is 18.0 Å². The van der Waals surface area contributed by atoms with Crippen LogP contribution in [0.5, 0.6) is 0 Å². The summed E-state index contributed by atoms with van der Waals surface area (Å²) < 4.78 is 0. The second kappa shape index (κ2) is 4.93. The van der Waals surface area contributed by atoms with Gasteiger partial charge in [-0.15, -0.1) is 0 Å². The summed E-state index contributed by atoms with van der Waals surface area (Å²) in [6.07, 6.45) is 9.74. The molecule has 82 valence electrons. The van der Waals surface area contributed by atoms with Gasteiger partial charge in [0.25, 0.3) is 0 Å². The Morgan fingerprint density at radius 2 is 2.27 bits per heavy atom. The van der Waals surface area contributed by atoms with E-state index < -0.39 is 0 Å². The number of aromatic amines is 1. The van der Waals surface area contributed by atoms with Gasteiger partial charge < -0.3 is 5.43 Å². The van der Waals surface area contributed by atoms with Crippen LogP contribution < -0.4 is 11.3 Å². The molecule has 0 aromatic carbocycles. The van der Waals surface area contributed by atoms with Gasteiger partial charge in [-0.05, 0) is 12.8 Å². The first-order valence-corrected chi connectivity index (χ1v) is 5.43. The third-order valence-electron chi connectivity index (χ3n) is 2.79. The summed E-state index contributed by atoms with van der Waals surface area (Å²) in [5.74, 6) is 6.19. The Kier molecular flexibility index (Phi) is 3.34. The van der Waals surface area contributed by atoms with E-state index in [0.717, 1.165) is 11.4 Å². The van der Waals surface area contributed by atoms with E-state index in [1.807, 2.05) is 0 Å². The number of hydrazine groups is 1. The van der Waals surface area contributed by atoms with Gasteiger partial charge >= 0.3 is 0 Å². The summed E-state index contributed by atoms with van der Waals surface area (Å²) >= 11 is 0. The molecule has 0 spiro atoms. The molecule has 2 rings (SSSR count). The van der Waals surface area contributed by atoms with E-state index >= 15 is 0 Å². The standard InChI is InChI=1S/C10H17N5/c11-15-10(8-6-12-13-7-8)14-9-4-2-1-3-5-9/h6-7,9H,1-5,11H2,(H,12,13)(H,14,15). The molecule has 1 saturated carbocycles. The minimum atomic E-state index is 0.416. The fraction of sp³-hybridized carbons (Fsp3) is 0.600. The topological polar surface area (TPSA) is 79.1 Å². The normalized spacial score (nSPS) is 19.1. The van der Waals surface area contributed by atoms with Crippen molar-refractivity contribution in [3.63, 3.8) is 0 Å². The molecule has 0 aliphatic heterocycles.